The molecular formula is C6H4FNO3. The summed E-state index contributed by atoms with van der Waals surface area (Å²) in [5, 5.41) is 8.07. The van der Waals surface area contributed by atoms with E-state index < -0.39 is 12.1 Å². The Hall–Kier alpha value is -1.65. The van der Waals surface area contributed by atoms with E-state index in [1.54, 1.807) is 0 Å². The van der Waals surface area contributed by atoms with Crippen LogP contribution in [0.1, 0.15) is 0 Å². The Morgan fingerprint density at radius 3 is 3.00 bits per heavy atom. The van der Waals surface area contributed by atoms with Crippen LogP contribution in [-0.4, -0.2) is 16.2 Å². The van der Waals surface area contributed by atoms with Crippen LogP contribution in [0.25, 0.3) is 0 Å². The van der Waals surface area contributed by atoms with Crippen molar-refractivity contribution in [3.8, 4) is 5.75 Å². The maximum Gasteiger partial charge on any atom is 0.511 e. The molecule has 0 saturated heterocycles. The van der Waals surface area contributed by atoms with Gasteiger partial charge >= 0.3 is 6.16 Å². The molecule has 0 saturated carbocycles. The SMILES string of the molecule is O=C(O)Oc1cccnc1F. The minimum atomic E-state index is -1.56. The Balaban J connectivity index is 2.86. The number of nitrogens with zero attached hydrogens (tertiary/aromatic N) is 1. The molecule has 5 heteroatoms. The normalized spacial score (nSPS) is 9.18. The van der Waals surface area contributed by atoms with E-state index in [0.717, 1.165) is 0 Å². The van der Waals surface area contributed by atoms with Crippen molar-refractivity contribution in [2.24, 2.45) is 0 Å². The van der Waals surface area contributed by atoms with Crippen molar-refractivity contribution in [2.45, 2.75) is 0 Å². The summed E-state index contributed by atoms with van der Waals surface area (Å²) in [6.07, 6.45) is -0.360. The first-order valence-corrected chi connectivity index (χ1v) is 2.71. The topological polar surface area (TPSA) is 59.4 Å². The van der Waals surface area contributed by atoms with Crippen LogP contribution in [0.2, 0.25) is 0 Å². The molecule has 1 rings (SSSR count). The highest BCUT2D eigenvalue weighted by molar-refractivity contribution is 5.60. The van der Waals surface area contributed by atoms with Crippen molar-refractivity contribution >= 4 is 6.16 Å². The summed E-state index contributed by atoms with van der Waals surface area (Å²) in [5.41, 5.74) is 0. The first-order chi connectivity index (χ1) is 5.20. The van der Waals surface area contributed by atoms with Crippen LogP contribution in [0.4, 0.5) is 9.18 Å². The van der Waals surface area contributed by atoms with E-state index in [2.05, 4.69) is 9.72 Å². The Morgan fingerprint density at radius 2 is 2.45 bits per heavy atom. The third kappa shape index (κ3) is 1.89. The van der Waals surface area contributed by atoms with Crippen LogP contribution >= 0.6 is 0 Å². The number of pyridine rings is 1. The summed E-state index contributed by atoms with van der Waals surface area (Å²) < 4.78 is 16.5. The molecule has 58 valence electrons. The average molecular weight is 157 g/mol. The molecule has 0 fully saturated rings. The average Bonchev–Trinajstić information content (AvgIpc) is 1.93. The number of rotatable bonds is 1. The highest BCUT2D eigenvalue weighted by atomic mass is 19.1. The van der Waals surface area contributed by atoms with Gasteiger partial charge in [-0.15, -0.1) is 0 Å². The predicted octanol–water partition coefficient (Wildman–Crippen LogP) is 1.28. The van der Waals surface area contributed by atoms with Gasteiger partial charge in [-0.3, -0.25) is 0 Å². The molecule has 0 amide bonds. The van der Waals surface area contributed by atoms with Crippen LogP contribution < -0.4 is 4.74 Å². The molecule has 0 spiro atoms. The molecule has 0 radical (unpaired) electrons. The molecule has 0 aromatic carbocycles. The monoisotopic (exact) mass is 157 g/mol. The van der Waals surface area contributed by atoms with E-state index in [1.807, 2.05) is 0 Å². The number of halogens is 1. The highest BCUT2D eigenvalue weighted by Gasteiger charge is 2.06. The lowest BCUT2D eigenvalue weighted by atomic mass is 10.4. The summed E-state index contributed by atoms with van der Waals surface area (Å²) in [6, 6.07) is 2.55. The predicted molar refractivity (Wildman–Crippen MR) is 32.8 cm³/mol. The minimum Gasteiger partial charge on any atom is -0.449 e. The van der Waals surface area contributed by atoms with Crippen molar-refractivity contribution in [1.29, 1.82) is 0 Å². The third-order valence-corrected chi connectivity index (χ3v) is 0.922. The number of ether oxygens (including phenoxy) is 1. The van der Waals surface area contributed by atoms with Gasteiger partial charge in [0, 0.05) is 6.20 Å². The fourth-order valence-corrected chi connectivity index (χ4v) is 0.541. The second kappa shape index (κ2) is 2.96. The number of carboxylic acid groups (broad SMARTS) is 1. The maximum atomic E-state index is 12.5. The number of carbonyl (C=O) groups is 1. The van der Waals surface area contributed by atoms with Gasteiger partial charge in [0.15, 0.2) is 5.75 Å². The van der Waals surface area contributed by atoms with E-state index in [0.29, 0.717) is 0 Å². The molecule has 1 aromatic rings. The van der Waals surface area contributed by atoms with Crippen LogP contribution in [0.3, 0.4) is 0 Å². The van der Waals surface area contributed by atoms with E-state index in [-0.39, 0.29) is 5.75 Å². The molecule has 0 aliphatic heterocycles. The van der Waals surface area contributed by atoms with Crippen molar-refractivity contribution in [2.75, 3.05) is 0 Å². The fourth-order valence-electron chi connectivity index (χ4n) is 0.541. The molecule has 0 aliphatic rings. The number of aromatic nitrogens is 1. The second-order valence-electron chi connectivity index (χ2n) is 1.66. The van der Waals surface area contributed by atoms with Gasteiger partial charge < -0.3 is 9.84 Å². The summed E-state index contributed by atoms with van der Waals surface area (Å²) in [5.74, 6) is -1.32. The van der Waals surface area contributed by atoms with E-state index in [4.69, 9.17) is 5.11 Å². The van der Waals surface area contributed by atoms with Crippen LogP contribution in [0.15, 0.2) is 18.3 Å². The molecule has 0 bridgehead atoms. The fraction of sp³-hybridized carbons (Fsp3) is 0. The summed E-state index contributed by atoms with van der Waals surface area (Å²) in [6.45, 7) is 0. The second-order valence-corrected chi connectivity index (χ2v) is 1.66. The molecule has 1 heterocycles. The van der Waals surface area contributed by atoms with Crippen molar-refractivity contribution in [3.63, 3.8) is 0 Å². The van der Waals surface area contributed by atoms with Crippen LogP contribution in [0.5, 0.6) is 5.75 Å². The molecular weight excluding hydrogens is 153 g/mol. The molecule has 0 unspecified atom stereocenters. The van der Waals surface area contributed by atoms with Gasteiger partial charge in [-0.05, 0) is 12.1 Å². The van der Waals surface area contributed by atoms with E-state index >= 15 is 0 Å². The summed E-state index contributed by atoms with van der Waals surface area (Å²) >= 11 is 0. The summed E-state index contributed by atoms with van der Waals surface area (Å²) in [4.78, 5) is 13.1. The Morgan fingerprint density at radius 1 is 1.73 bits per heavy atom. The minimum absolute atomic E-state index is 0.389. The lowest BCUT2D eigenvalue weighted by molar-refractivity contribution is 0.142. The van der Waals surface area contributed by atoms with Crippen molar-refractivity contribution in [3.05, 3.63) is 24.3 Å². The van der Waals surface area contributed by atoms with Crippen molar-refractivity contribution in [1.82, 2.24) is 4.98 Å². The molecule has 0 atom stereocenters. The lowest BCUT2D eigenvalue weighted by Gasteiger charge is -1.97. The first kappa shape index (κ1) is 7.46. The maximum absolute atomic E-state index is 12.5. The van der Waals surface area contributed by atoms with Gasteiger partial charge in [-0.1, -0.05) is 0 Å². The zero-order chi connectivity index (χ0) is 8.27. The number of hydrogen-bond acceptors (Lipinski definition) is 3. The lowest BCUT2D eigenvalue weighted by Crippen LogP contribution is -2.04. The molecule has 11 heavy (non-hydrogen) atoms. The van der Waals surface area contributed by atoms with Gasteiger partial charge in [0.1, 0.15) is 0 Å². The smallest absolute Gasteiger partial charge is 0.449 e. The molecule has 1 N–H and O–H groups in total. The van der Waals surface area contributed by atoms with Gasteiger partial charge in [-0.25, -0.2) is 9.78 Å². The molecule has 1 aromatic heterocycles. The van der Waals surface area contributed by atoms with Gasteiger partial charge in [0.2, 0.25) is 0 Å². The highest BCUT2D eigenvalue weighted by Crippen LogP contribution is 2.12. The first-order valence-electron chi connectivity index (χ1n) is 2.71. The molecule has 4 nitrogen and oxygen atoms in total. The quantitative estimate of drug-likeness (QED) is 0.492. The third-order valence-electron chi connectivity index (χ3n) is 0.922. The van der Waals surface area contributed by atoms with Crippen LogP contribution in [0, 0.1) is 5.95 Å². The van der Waals surface area contributed by atoms with Gasteiger partial charge in [0.05, 0.1) is 0 Å². The zero-order valence-electron chi connectivity index (χ0n) is 5.32. The van der Waals surface area contributed by atoms with E-state index in [1.165, 1.54) is 18.3 Å². The Labute approximate surface area is 61.3 Å². The number of hydrogen-bond donors (Lipinski definition) is 1. The van der Waals surface area contributed by atoms with Gasteiger partial charge in [0.25, 0.3) is 5.95 Å². The summed E-state index contributed by atoms with van der Waals surface area (Å²) in [7, 11) is 0. The van der Waals surface area contributed by atoms with Crippen LogP contribution in [-0.2, 0) is 0 Å². The van der Waals surface area contributed by atoms with Gasteiger partial charge in [-0.2, -0.15) is 4.39 Å². The Kier molecular flexibility index (Phi) is 2.00. The van der Waals surface area contributed by atoms with Crippen molar-refractivity contribution < 1.29 is 19.0 Å². The Bertz CT molecular complexity index is 276. The molecule has 0 aliphatic carbocycles. The largest absolute Gasteiger partial charge is 0.511 e. The standard InChI is InChI=1S/C6H4FNO3/c7-5-4(11-6(9)10)2-1-3-8-5/h1-3H,(H,9,10). The zero-order valence-corrected chi connectivity index (χ0v) is 5.32. The van der Waals surface area contributed by atoms with E-state index in [9.17, 15) is 9.18 Å².